The fourth-order valence-electron chi connectivity index (χ4n) is 2.90. The molecule has 0 bridgehead atoms. The van der Waals surface area contributed by atoms with Gasteiger partial charge in [-0.25, -0.2) is 14.4 Å². The summed E-state index contributed by atoms with van der Waals surface area (Å²) in [5, 5.41) is 0. The first-order chi connectivity index (χ1) is 12.9. The van der Waals surface area contributed by atoms with Crippen LogP contribution < -0.4 is 4.74 Å². The average Bonchev–Trinajstić information content (AvgIpc) is 2.66. The van der Waals surface area contributed by atoms with Crippen LogP contribution >= 0.6 is 0 Å². The number of fused-ring (bicyclic) bond motifs is 1. The number of aryl methyl sites for hydroxylation is 2. The second-order valence-electron chi connectivity index (χ2n) is 6.39. The highest BCUT2D eigenvalue weighted by molar-refractivity contribution is 5.97. The third-order valence-corrected chi connectivity index (χ3v) is 4.58. The van der Waals surface area contributed by atoms with E-state index in [0.29, 0.717) is 29.7 Å². The lowest BCUT2D eigenvalue weighted by Gasteiger charge is -2.21. The first-order valence-electron chi connectivity index (χ1n) is 8.79. The number of halogens is 1. The smallest absolute Gasteiger partial charge is 0.254 e. The lowest BCUT2D eigenvalue weighted by atomic mass is 10.1. The van der Waals surface area contributed by atoms with Gasteiger partial charge in [0.05, 0.1) is 29.5 Å². The topological polar surface area (TPSA) is 55.3 Å². The number of methoxy groups -OCH3 is 1. The molecule has 5 nitrogen and oxygen atoms in total. The minimum atomic E-state index is -0.440. The molecule has 0 spiro atoms. The molecule has 140 valence electrons. The van der Waals surface area contributed by atoms with Gasteiger partial charge in [0.1, 0.15) is 0 Å². The summed E-state index contributed by atoms with van der Waals surface area (Å²) in [5.74, 6) is -0.382. The second-order valence-corrected chi connectivity index (χ2v) is 6.39. The van der Waals surface area contributed by atoms with Crippen molar-refractivity contribution in [2.45, 2.75) is 27.3 Å². The van der Waals surface area contributed by atoms with Crippen molar-refractivity contribution in [2.75, 3.05) is 13.7 Å². The van der Waals surface area contributed by atoms with Crippen LogP contribution in [-0.4, -0.2) is 34.4 Å². The van der Waals surface area contributed by atoms with Gasteiger partial charge in [-0.3, -0.25) is 4.79 Å². The molecular weight excluding hydrogens is 345 g/mol. The van der Waals surface area contributed by atoms with Crippen LogP contribution in [0.2, 0.25) is 0 Å². The first-order valence-corrected chi connectivity index (χ1v) is 8.79. The number of benzene rings is 2. The molecule has 3 aromatic rings. The largest absolute Gasteiger partial charge is 0.494 e. The van der Waals surface area contributed by atoms with E-state index in [1.165, 1.54) is 13.2 Å². The Labute approximate surface area is 157 Å². The number of carbonyl (C=O) groups is 1. The number of rotatable bonds is 5. The van der Waals surface area contributed by atoms with Gasteiger partial charge in [0.15, 0.2) is 11.6 Å². The Morgan fingerprint density at radius 3 is 2.41 bits per heavy atom. The van der Waals surface area contributed by atoms with Crippen molar-refractivity contribution in [3.63, 3.8) is 0 Å². The summed E-state index contributed by atoms with van der Waals surface area (Å²) in [5.41, 5.74) is 4.41. The Morgan fingerprint density at radius 1 is 1.07 bits per heavy atom. The minimum absolute atomic E-state index is 0.129. The maximum Gasteiger partial charge on any atom is 0.254 e. The Kier molecular flexibility index (Phi) is 5.35. The molecule has 6 heteroatoms. The van der Waals surface area contributed by atoms with Gasteiger partial charge in [0.2, 0.25) is 0 Å². The fraction of sp³-hybridized carbons (Fsp3) is 0.286. The number of amides is 1. The third kappa shape index (κ3) is 3.89. The van der Waals surface area contributed by atoms with Crippen LogP contribution in [0.15, 0.2) is 36.4 Å². The molecule has 0 fully saturated rings. The highest BCUT2D eigenvalue weighted by atomic mass is 19.1. The van der Waals surface area contributed by atoms with E-state index in [2.05, 4.69) is 9.97 Å². The van der Waals surface area contributed by atoms with Gasteiger partial charge in [-0.05, 0) is 56.7 Å². The van der Waals surface area contributed by atoms with Crippen LogP contribution in [-0.2, 0) is 6.54 Å². The van der Waals surface area contributed by atoms with Crippen LogP contribution in [0.5, 0.6) is 5.75 Å². The van der Waals surface area contributed by atoms with Gasteiger partial charge in [0.25, 0.3) is 5.91 Å². The van der Waals surface area contributed by atoms with Gasteiger partial charge in [-0.2, -0.15) is 0 Å². The molecule has 0 unspecified atom stereocenters. The van der Waals surface area contributed by atoms with E-state index in [-0.39, 0.29) is 11.7 Å². The Bertz CT molecular complexity index is 1000. The molecule has 0 atom stereocenters. The maximum absolute atomic E-state index is 13.9. The van der Waals surface area contributed by atoms with Crippen molar-refractivity contribution in [3.05, 3.63) is 64.7 Å². The van der Waals surface area contributed by atoms with Crippen LogP contribution in [0.4, 0.5) is 4.39 Å². The molecule has 0 saturated carbocycles. The number of ether oxygens (including phenoxy) is 1. The average molecular weight is 367 g/mol. The Hall–Kier alpha value is -3.02. The van der Waals surface area contributed by atoms with Crippen molar-refractivity contribution in [1.82, 2.24) is 14.9 Å². The molecule has 0 aliphatic carbocycles. The molecular formula is C21H22FN3O2. The van der Waals surface area contributed by atoms with E-state index in [0.717, 1.165) is 16.9 Å². The monoisotopic (exact) mass is 367 g/mol. The Balaban J connectivity index is 1.87. The van der Waals surface area contributed by atoms with E-state index >= 15 is 0 Å². The predicted octanol–water partition coefficient (Wildman–Crippen LogP) is 4.06. The fourth-order valence-corrected chi connectivity index (χ4v) is 2.90. The lowest BCUT2D eigenvalue weighted by Crippen LogP contribution is -2.30. The molecule has 1 aromatic heterocycles. The van der Waals surface area contributed by atoms with Gasteiger partial charge < -0.3 is 9.64 Å². The van der Waals surface area contributed by atoms with Crippen molar-refractivity contribution < 1.29 is 13.9 Å². The maximum atomic E-state index is 13.9. The SMILES string of the molecule is CCN(Cc1ccc(OC)c(F)c1)C(=O)c1ccc2nc(C)c(C)nc2c1. The zero-order chi connectivity index (χ0) is 19.6. The molecule has 0 aliphatic heterocycles. The van der Waals surface area contributed by atoms with Crippen LogP contribution in [0.3, 0.4) is 0 Å². The van der Waals surface area contributed by atoms with Gasteiger partial charge in [-0.1, -0.05) is 6.07 Å². The van der Waals surface area contributed by atoms with Gasteiger partial charge >= 0.3 is 0 Å². The molecule has 1 amide bonds. The van der Waals surface area contributed by atoms with E-state index < -0.39 is 5.82 Å². The summed E-state index contributed by atoms with van der Waals surface area (Å²) in [6.45, 7) is 6.52. The summed E-state index contributed by atoms with van der Waals surface area (Å²) < 4.78 is 18.9. The molecule has 0 aliphatic rings. The molecule has 1 heterocycles. The second kappa shape index (κ2) is 7.70. The quantitative estimate of drug-likeness (QED) is 0.682. The van der Waals surface area contributed by atoms with Gasteiger partial charge in [-0.15, -0.1) is 0 Å². The zero-order valence-electron chi connectivity index (χ0n) is 15.9. The van der Waals surface area contributed by atoms with Crippen LogP contribution in [0, 0.1) is 19.7 Å². The molecule has 0 saturated heterocycles. The zero-order valence-corrected chi connectivity index (χ0v) is 15.9. The highest BCUT2D eigenvalue weighted by Crippen LogP contribution is 2.20. The molecule has 3 rings (SSSR count). The summed E-state index contributed by atoms with van der Waals surface area (Å²) in [7, 11) is 1.42. The number of hydrogen-bond acceptors (Lipinski definition) is 4. The van der Waals surface area contributed by atoms with Crippen molar-refractivity contribution in [2.24, 2.45) is 0 Å². The summed E-state index contributed by atoms with van der Waals surface area (Å²) >= 11 is 0. The van der Waals surface area contributed by atoms with E-state index in [4.69, 9.17) is 4.74 Å². The molecule has 2 aromatic carbocycles. The first kappa shape index (κ1) is 18.8. The summed E-state index contributed by atoms with van der Waals surface area (Å²) in [6.07, 6.45) is 0. The number of aromatic nitrogens is 2. The standard InChI is InChI=1S/C21H22FN3O2/c1-5-25(12-15-6-9-20(27-4)17(22)10-15)21(26)16-7-8-18-19(11-16)24-14(3)13(2)23-18/h6-11H,5,12H2,1-4H3. The van der Waals surface area contributed by atoms with Crippen molar-refractivity contribution >= 4 is 16.9 Å². The van der Waals surface area contributed by atoms with Crippen LogP contribution in [0.1, 0.15) is 34.2 Å². The van der Waals surface area contributed by atoms with Crippen molar-refractivity contribution in [3.8, 4) is 5.75 Å². The number of nitrogens with zero attached hydrogens (tertiary/aromatic N) is 3. The highest BCUT2D eigenvalue weighted by Gasteiger charge is 2.17. The number of hydrogen-bond donors (Lipinski definition) is 0. The van der Waals surface area contributed by atoms with Crippen LogP contribution in [0.25, 0.3) is 11.0 Å². The minimum Gasteiger partial charge on any atom is -0.494 e. The summed E-state index contributed by atoms with van der Waals surface area (Å²) in [4.78, 5) is 23.6. The number of carbonyl (C=O) groups excluding carboxylic acids is 1. The van der Waals surface area contributed by atoms with Crippen molar-refractivity contribution in [1.29, 1.82) is 0 Å². The van der Waals surface area contributed by atoms with Gasteiger partial charge in [0, 0.05) is 18.7 Å². The van der Waals surface area contributed by atoms with E-state index in [1.807, 2.05) is 26.8 Å². The van der Waals surface area contributed by atoms with E-state index in [1.54, 1.807) is 29.2 Å². The molecule has 27 heavy (non-hydrogen) atoms. The molecule has 0 radical (unpaired) electrons. The lowest BCUT2D eigenvalue weighted by molar-refractivity contribution is 0.0752. The third-order valence-electron chi connectivity index (χ3n) is 4.58. The predicted molar refractivity (Wildman–Crippen MR) is 102 cm³/mol. The summed E-state index contributed by atoms with van der Waals surface area (Å²) in [6, 6.07) is 10.0. The normalized spacial score (nSPS) is 10.9. The molecule has 0 N–H and O–H groups in total. The Morgan fingerprint density at radius 2 is 1.78 bits per heavy atom. The van der Waals surface area contributed by atoms with E-state index in [9.17, 15) is 9.18 Å².